The Labute approximate surface area is 75.7 Å². The van der Waals surface area contributed by atoms with E-state index in [9.17, 15) is 8.78 Å². The van der Waals surface area contributed by atoms with Crippen LogP contribution < -0.4 is 0 Å². The van der Waals surface area contributed by atoms with E-state index in [2.05, 4.69) is 0 Å². The predicted molar refractivity (Wildman–Crippen MR) is 43.8 cm³/mol. The van der Waals surface area contributed by atoms with Crippen molar-refractivity contribution in [2.24, 2.45) is 0 Å². The van der Waals surface area contributed by atoms with Gasteiger partial charge < -0.3 is 0 Å². The van der Waals surface area contributed by atoms with Gasteiger partial charge in [0.2, 0.25) is 0 Å². The smallest absolute Gasteiger partial charge is 0.262 e. The molecule has 0 saturated carbocycles. The fourth-order valence-electron chi connectivity index (χ4n) is 2.46. The minimum absolute atomic E-state index is 0.0382. The van der Waals surface area contributed by atoms with Crippen molar-refractivity contribution in [3.05, 3.63) is 0 Å². The molecule has 0 bridgehead atoms. The van der Waals surface area contributed by atoms with Crippen LogP contribution in [0.4, 0.5) is 8.78 Å². The van der Waals surface area contributed by atoms with Gasteiger partial charge >= 0.3 is 0 Å². The average molecular weight is 196 g/mol. The minimum atomic E-state index is -2.50. The van der Waals surface area contributed by atoms with E-state index < -0.39 is 5.92 Å². The van der Waals surface area contributed by atoms with E-state index in [0.717, 1.165) is 19.4 Å². The molecule has 70 valence electrons. The summed E-state index contributed by atoms with van der Waals surface area (Å²) >= 11 is 5.75. The van der Waals surface area contributed by atoms with Gasteiger partial charge in [-0.3, -0.25) is 4.90 Å². The van der Waals surface area contributed by atoms with Crippen LogP contribution in [0, 0.1) is 0 Å². The van der Waals surface area contributed by atoms with Crippen molar-refractivity contribution < 1.29 is 8.78 Å². The third-order valence-electron chi connectivity index (χ3n) is 3.00. The zero-order valence-corrected chi connectivity index (χ0v) is 7.58. The van der Waals surface area contributed by atoms with E-state index in [1.54, 1.807) is 0 Å². The number of alkyl halides is 3. The predicted octanol–water partition coefficient (Wildman–Crippen LogP) is 2.10. The molecule has 0 aromatic rings. The molecule has 12 heavy (non-hydrogen) atoms. The van der Waals surface area contributed by atoms with E-state index in [1.807, 2.05) is 4.90 Å². The van der Waals surface area contributed by atoms with Crippen molar-refractivity contribution >= 4 is 11.6 Å². The van der Waals surface area contributed by atoms with Crippen LogP contribution in [0.1, 0.15) is 19.3 Å². The number of rotatable bonds is 1. The Morgan fingerprint density at radius 1 is 1.42 bits per heavy atom. The lowest BCUT2D eigenvalue weighted by atomic mass is 9.95. The first kappa shape index (κ1) is 8.70. The summed E-state index contributed by atoms with van der Waals surface area (Å²) in [5, 5.41) is 0. The molecule has 0 aromatic carbocycles. The second-order valence-electron chi connectivity index (χ2n) is 3.92. The topological polar surface area (TPSA) is 3.24 Å². The Balaban J connectivity index is 2.20. The van der Waals surface area contributed by atoms with Crippen LogP contribution >= 0.6 is 11.6 Å². The maximum atomic E-state index is 13.0. The molecule has 1 atom stereocenters. The van der Waals surface area contributed by atoms with Crippen molar-refractivity contribution in [1.82, 2.24) is 4.90 Å². The second kappa shape index (κ2) is 2.55. The molecule has 0 amide bonds. The zero-order chi connectivity index (χ0) is 8.82. The molecule has 2 aliphatic rings. The van der Waals surface area contributed by atoms with Gasteiger partial charge in [0, 0.05) is 17.8 Å². The normalized spacial score (nSPS) is 40.2. The molecule has 2 saturated heterocycles. The quantitative estimate of drug-likeness (QED) is 0.580. The van der Waals surface area contributed by atoms with E-state index in [0.29, 0.717) is 5.88 Å². The summed E-state index contributed by atoms with van der Waals surface area (Å²) in [6.45, 7) is 0.710. The molecule has 2 rings (SSSR count). The third-order valence-corrected chi connectivity index (χ3v) is 3.50. The largest absolute Gasteiger partial charge is 0.290 e. The standard InChI is InChI=1S/C8H12ClF2N/c9-5-7-2-1-3-12(7)6-8(10,11)4-7/h1-6H2. The molecular weight excluding hydrogens is 184 g/mol. The van der Waals surface area contributed by atoms with E-state index >= 15 is 0 Å². The average Bonchev–Trinajstić information content (AvgIpc) is 2.40. The summed E-state index contributed by atoms with van der Waals surface area (Å²) in [5.41, 5.74) is -0.370. The molecule has 0 aromatic heterocycles. The number of hydrogen-bond donors (Lipinski definition) is 0. The summed E-state index contributed by atoms with van der Waals surface area (Å²) in [6.07, 6.45) is 1.82. The van der Waals surface area contributed by atoms with Crippen LogP contribution in [-0.2, 0) is 0 Å². The molecular formula is C8H12ClF2N. The highest BCUT2D eigenvalue weighted by Crippen LogP contribution is 2.46. The lowest BCUT2D eigenvalue weighted by molar-refractivity contribution is 0.00993. The highest BCUT2D eigenvalue weighted by Gasteiger charge is 2.55. The van der Waals surface area contributed by atoms with Crippen molar-refractivity contribution in [2.45, 2.75) is 30.7 Å². The van der Waals surface area contributed by atoms with Gasteiger partial charge in [0.1, 0.15) is 0 Å². The number of halogens is 3. The van der Waals surface area contributed by atoms with Crippen LogP contribution in [0.25, 0.3) is 0 Å². The lowest BCUT2D eigenvalue weighted by Gasteiger charge is -2.28. The SMILES string of the molecule is FC1(F)CN2CCCC2(CCl)C1. The van der Waals surface area contributed by atoms with Gasteiger partial charge in [0.15, 0.2) is 0 Å². The molecule has 2 heterocycles. The van der Waals surface area contributed by atoms with Gasteiger partial charge in [0.25, 0.3) is 5.92 Å². The maximum Gasteiger partial charge on any atom is 0.262 e. The third kappa shape index (κ3) is 1.14. The zero-order valence-electron chi connectivity index (χ0n) is 6.82. The first-order valence-electron chi connectivity index (χ1n) is 4.27. The molecule has 1 unspecified atom stereocenters. The number of nitrogens with zero attached hydrogens (tertiary/aromatic N) is 1. The van der Waals surface area contributed by atoms with Crippen molar-refractivity contribution in [3.8, 4) is 0 Å². The summed E-state index contributed by atoms with van der Waals surface area (Å²) in [5.74, 6) is -2.15. The summed E-state index contributed by atoms with van der Waals surface area (Å²) in [6, 6.07) is 0. The van der Waals surface area contributed by atoms with Gasteiger partial charge in [-0.1, -0.05) is 0 Å². The molecule has 4 heteroatoms. The molecule has 1 nitrogen and oxygen atoms in total. The van der Waals surface area contributed by atoms with E-state index in [-0.39, 0.29) is 18.5 Å². The lowest BCUT2D eigenvalue weighted by Crippen LogP contribution is -2.39. The molecule has 2 fully saturated rings. The Hall–Kier alpha value is 0.110. The molecule has 0 radical (unpaired) electrons. The molecule has 0 aliphatic carbocycles. The van der Waals surface area contributed by atoms with Crippen LogP contribution in [0.3, 0.4) is 0 Å². The van der Waals surface area contributed by atoms with E-state index in [1.165, 1.54) is 0 Å². The van der Waals surface area contributed by atoms with Gasteiger partial charge in [-0.25, -0.2) is 8.78 Å². The molecule has 0 spiro atoms. The van der Waals surface area contributed by atoms with Crippen LogP contribution in [-0.4, -0.2) is 35.3 Å². The van der Waals surface area contributed by atoms with Gasteiger partial charge in [-0.2, -0.15) is 0 Å². The number of fused-ring (bicyclic) bond motifs is 1. The fraction of sp³-hybridized carbons (Fsp3) is 1.00. The van der Waals surface area contributed by atoms with Crippen LogP contribution in [0.2, 0.25) is 0 Å². The fourth-order valence-corrected chi connectivity index (χ4v) is 2.85. The van der Waals surface area contributed by atoms with Crippen molar-refractivity contribution in [3.63, 3.8) is 0 Å². The summed E-state index contributed by atoms with van der Waals surface area (Å²) in [4.78, 5) is 1.86. The molecule has 0 N–H and O–H groups in total. The van der Waals surface area contributed by atoms with Gasteiger partial charge in [-0.05, 0) is 19.4 Å². The summed E-state index contributed by atoms with van der Waals surface area (Å²) in [7, 11) is 0. The highest BCUT2D eigenvalue weighted by molar-refractivity contribution is 6.18. The number of hydrogen-bond acceptors (Lipinski definition) is 1. The highest BCUT2D eigenvalue weighted by atomic mass is 35.5. The van der Waals surface area contributed by atoms with Gasteiger partial charge in [0.05, 0.1) is 6.54 Å². The second-order valence-corrected chi connectivity index (χ2v) is 4.18. The molecule has 2 aliphatic heterocycles. The monoisotopic (exact) mass is 195 g/mol. The first-order valence-corrected chi connectivity index (χ1v) is 4.80. The van der Waals surface area contributed by atoms with Crippen LogP contribution in [0.15, 0.2) is 0 Å². The van der Waals surface area contributed by atoms with E-state index in [4.69, 9.17) is 11.6 Å². The van der Waals surface area contributed by atoms with Crippen LogP contribution in [0.5, 0.6) is 0 Å². The Kier molecular flexibility index (Phi) is 1.85. The first-order chi connectivity index (χ1) is 5.58. The Bertz CT molecular complexity index is 197. The Morgan fingerprint density at radius 3 is 2.75 bits per heavy atom. The Morgan fingerprint density at radius 2 is 2.17 bits per heavy atom. The summed E-state index contributed by atoms with van der Waals surface area (Å²) < 4.78 is 26.0. The minimum Gasteiger partial charge on any atom is -0.290 e. The van der Waals surface area contributed by atoms with Crippen molar-refractivity contribution in [1.29, 1.82) is 0 Å². The maximum absolute atomic E-state index is 13.0. The van der Waals surface area contributed by atoms with Crippen molar-refractivity contribution in [2.75, 3.05) is 19.0 Å². The van der Waals surface area contributed by atoms with Gasteiger partial charge in [-0.15, -0.1) is 11.6 Å².